The van der Waals surface area contributed by atoms with Crippen molar-refractivity contribution >= 4 is 5.91 Å². The highest BCUT2D eigenvalue weighted by Gasteiger charge is 2.25. The summed E-state index contributed by atoms with van der Waals surface area (Å²) in [6.45, 7) is 5.81. The van der Waals surface area contributed by atoms with Gasteiger partial charge >= 0.3 is 0 Å². The van der Waals surface area contributed by atoms with Gasteiger partial charge in [-0.2, -0.15) is 0 Å². The molecule has 110 valence electrons. The molecule has 3 heteroatoms. The van der Waals surface area contributed by atoms with Crippen LogP contribution in [0.5, 0.6) is 5.75 Å². The number of rotatable bonds is 4. The molecular weight excluding hydrogens is 250 g/mol. The minimum atomic E-state index is -0.352. The van der Waals surface area contributed by atoms with Gasteiger partial charge in [0.25, 0.3) is 5.91 Å². The van der Waals surface area contributed by atoms with Gasteiger partial charge in [0.2, 0.25) is 0 Å². The topological polar surface area (TPSA) is 29.5 Å². The maximum absolute atomic E-state index is 12.6. The van der Waals surface area contributed by atoms with Crippen LogP contribution in [0.15, 0.2) is 24.3 Å². The molecule has 20 heavy (non-hydrogen) atoms. The van der Waals surface area contributed by atoms with Crippen LogP contribution < -0.4 is 4.74 Å². The zero-order chi connectivity index (χ0) is 14.4. The largest absolute Gasteiger partial charge is 0.481 e. The molecule has 1 saturated heterocycles. The van der Waals surface area contributed by atoms with Crippen LogP contribution in [0.4, 0.5) is 0 Å². The van der Waals surface area contributed by atoms with E-state index in [1.54, 1.807) is 0 Å². The highest BCUT2D eigenvalue weighted by Crippen LogP contribution is 2.18. The zero-order valence-corrected chi connectivity index (χ0v) is 12.6. The van der Waals surface area contributed by atoms with Crippen LogP contribution in [0.1, 0.15) is 44.6 Å². The first-order chi connectivity index (χ1) is 9.70. The summed E-state index contributed by atoms with van der Waals surface area (Å²) in [6.07, 6.45) is 5.07. The highest BCUT2D eigenvalue weighted by molar-refractivity contribution is 5.81. The first kappa shape index (κ1) is 14.9. The Morgan fingerprint density at radius 2 is 1.95 bits per heavy atom. The maximum Gasteiger partial charge on any atom is 0.263 e. The molecule has 1 aromatic carbocycles. The standard InChI is InChI=1S/C17H25NO2/c1-3-16(20-15-10-8-9-14(2)13-15)17(19)18-11-6-4-5-7-12-18/h8-10,13,16H,3-7,11-12H2,1-2H3. The molecule has 1 heterocycles. The van der Waals surface area contributed by atoms with Gasteiger partial charge in [-0.1, -0.05) is 31.9 Å². The summed E-state index contributed by atoms with van der Waals surface area (Å²) in [4.78, 5) is 14.6. The number of nitrogens with zero attached hydrogens (tertiary/aromatic N) is 1. The van der Waals surface area contributed by atoms with Gasteiger partial charge in [0.15, 0.2) is 6.10 Å². The van der Waals surface area contributed by atoms with E-state index in [0.717, 1.165) is 37.2 Å². The Kier molecular flexibility index (Phi) is 5.45. The number of carbonyl (C=O) groups is 1. The summed E-state index contributed by atoms with van der Waals surface area (Å²) < 4.78 is 5.91. The van der Waals surface area contributed by atoms with E-state index in [9.17, 15) is 4.79 Å². The van der Waals surface area contributed by atoms with Crippen molar-refractivity contribution in [1.82, 2.24) is 4.90 Å². The molecule has 0 bridgehead atoms. The van der Waals surface area contributed by atoms with E-state index in [-0.39, 0.29) is 12.0 Å². The summed E-state index contributed by atoms with van der Waals surface area (Å²) in [5.74, 6) is 0.941. The highest BCUT2D eigenvalue weighted by atomic mass is 16.5. The number of benzene rings is 1. The molecule has 1 fully saturated rings. The Balaban J connectivity index is 2.01. The number of aryl methyl sites for hydroxylation is 1. The van der Waals surface area contributed by atoms with Crippen LogP contribution in [-0.2, 0) is 4.79 Å². The van der Waals surface area contributed by atoms with Crippen LogP contribution in [0, 0.1) is 6.92 Å². The fourth-order valence-corrected chi connectivity index (χ4v) is 2.66. The van der Waals surface area contributed by atoms with Gasteiger partial charge in [0, 0.05) is 13.1 Å². The average molecular weight is 275 g/mol. The SMILES string of the molecule is CCC(Oc1cccc(C)c1)C(=O)N1CCCCCC1. The third-order valence-electron chi connectivity index (χ3n) is 3.83. The first-order valence-corrected chi connectivity index (χ1v) is 7.73. The number of amides is 1. The molecule has 0 spiro atoms. The second kappa shape index (κ2) is 7.32. The van der Waals surface area contributed by atoms with Gasteiger partial charge < -0.3 is 9.64 Å². The predicted octanol–water partition coefficient (Wildman–Crippen LogP) is 3.56. The second-order valence-corrected chi connectivity index (χ2v) is 5.57. The van der Waals surface area contributed by atoms with Crippen LogP contribution in [0.3, 0.4) is 0 Å². The number of likely N-dealkylation sites (tertiary alicyclic amines) is 1. The molecule has 1 aliphatic heterocycles. The fourth-order valence-electron chi connectivity index (χ4n) is 2.66. The lowest BCUT2D eigenvalue weighted by molar-refractivity contribution is -0.138. The van der Waals surface area contributed by atoms with E-state index >= 15 is 0 Å². The molecular formula is C17H25NO2. The Labute approximate surface area is 121 Å². The minimum absolute atomic E-state index is 0.149. The van der Waals surface area contributed by atoms with Gasteiger partial charge in [-0.3, -0.25) is 4.79 Å². The van der Waals surface area contributed by atoms with Gasteiger partial charge in [-0.05, 0) is 43.9 Å². The van der Waals surface area contributed by atoms with Gasteiger partial charge in [-0.25, -0.2) is 0 Å². The lowest BCUT2D eigenvalue weighted by Gasteiger charge is -2.26. The number of hydrogen-bond donors (Lipinski definition) is 0. The average Bonchev–Trinajstić information content (AvgIpc) is 2.73. The van der Waals surface area contributed by atoms with E-state index in [2.05, 4.69) is 0 Å². The predicted molar refractivity (Wildman–Crippen MR) is 80.9 cm³/mol. The van der Waals surface area contributed by atoms with Crippen molar-refractivity contribution in [2.75, 3.05) is 13.1 Å². The quantitative estimate of drug-likeness (QED) is 0.841. The Bertz CT molecular complexity index is 436. The van der Waals surface area contributed by atoms with Crippen LogP contribution in [-0.4, -0.2) is 30.0 Å². The summed E-state index contributed by atoms with van der Waals surface area (Å²) in [5.41, 5.74) is 1.15. The van der Waals surface area contributed by atoms with Crippen molar-refractivity contribution in [1.29, 1.82) is 0 Å². The second-order valence-electron chi connectivity index (χ2n) is 5.57. The molecule has 2 rings (SSSR count). The Hall–Kier alpha value is -1.51. The molecule has 3 nitrogen and oxygen atoms in total. The van der Waals surface area contributed by atoms with E-state index < -0.39 is 0 Å². The number of carbonyl (C=O) groups excluding carboxylic acids is 1. The van der Waals surface area contributed by atoms with Gasteiger partial charge in [0.05, 0.1) is 0 Å². The summed E-state index contributed by atoms with van der Waals surface area (Å²) in [7, 11) is 0. The van der Waals surface area contributed by atoms with Crippen LogP contribution in [0.2, 0.25) is 0 Å². The molecule has 0 saturated carbocycles. The molecule has 1 atom stereocenters. The smallest absolute Gasteiger partial charge is 0.263 e. The Morgan fingerprint density at radius 1 is 1.25 bits per heavy atom. The van der Waals surface area contributed by atoms with Gasteiger partial charge in [0.1, 0.15) is 5.75 Å². The van der Waals surface area contributed by atoms with Crippen molar-refractivity contribution in [3.8, 4) is 5.75 Å². The maximum atomic E-state index is 12.6. The number of hydrogen-bond acceptors (Lipinski definition) is 2. The van der Waals surface area contributed by atoms with Crippen LogP contribution in [0.25, 0.3) is 0 Å². The lowest BCUT2D eigenvalue weighted by atomic mass is 10.2. The van der Waals surface area contributed by atoms with Crippen LogP contribution >= 0.6 is 0 Å². The monoisotopic (exact) mass is 275 g/mol. The minimum Gasteiger partial charge on any atom is -0.481 e. The third kappa shape index (κ3) is 3.99. The lowest BCUT2D eigenvalue weighted by Crippen LogP contribution is -2.42. The molecule has 1 unspecified atom stereocenters. The third-order valence-corrected chi connectivity index (χ3v) is 3.83. The fraction of sp³-hybridized carbons (Fsp3) is 0.588. The molecule has 1 aromatic rings. The van der Waals surface area contributed by atoms with E-state index in [4.69, 9.17) is 4.74 Å². The molecule has 1 aliphatic rings. The number of ether oxygens (including phenoxy) is 1. The van der Waals surface area contributed by atoms with Crippen molar-refractivity contribution in [2.24, 2.45) is 0 Å². The van der Waals surface area contributed by atoms with E-state index in [1.807, 2.05) is 43.0 Å². The van der Waals surface area contributed by atoms with Crippen molar-refractivity contribution in [2.45, 2.75) is 52.1 Å². The first-order valence-electron chi connectivity index (χ1n) is 7.73. The molecule has 0 N–H and O–H groups in total. The molecule has 0 aromatic heterocycles. The normalized spacial score (nSPS) is 17.4. The zero-order valence-electron chi connectivity index (χ0n) is 12.6. The van der Waals surface area contributed by atoms with Crippen molar-refractivity contribution in [3.05, 3.63) is 29.8 Å². The summed E-state index contributed by atoms with van der Waals surface area (Å²) >= 11 is 0. The van der Waals surface area contributed by atoms with E-state index in [0.29, 0.717) is 6.42 Å². The summed E-state index contributed by atoms with van der Waals surface area (Å²) in [5, 5.41) is 0. The molecule has 0 radical (unpaired) electrons. The van der Waals surface area contributed by atoms with Gasteiger partial charge in [-0.15, -0.1) is 0 Å². The van der Waals surface area contributed by atoms with Crippen molar-refractivity contribution < 1.29 is 9.53 Å². The molecule has 0 aliphatic carbocycles. The van der Waals surface area contributed by atoms with E-state index in [1.165, 1.54) is 12.8 Å². The summed E-state index contributed by atoms with van der Waals surface area (Å²) in [6, 6.07) is 7.90. The molecule has 1 amide bonds. The van der Waals surface area contributed by atoms with Crippen molar-refractivity contribution in [3.63, 3.8) is 0 Å². The Morgan fingerprint density at radius 3 is 2.55 bits per heavy atom.